The number of furan rings is 1. The molecule has 0 unspecified atom stereocenters. The molecular formula is C18H21NO4. The molecule has 1 N–H and O–H groups in total. The van der Waals surface area contributed by atoms with Crippen LogP contribution in [0.25, 0.3) is 11.0 Å². The lowest BCUT2D eigenvalue weighted by Gasteiger charge is -2.13. The Morgan fingerprint density at radius 3 is 2.78 bits per heavy atom. The Labute approximate surface area is 135 Å². The summed E-state index contributed by atoms with van der Waals surface area (Å²) >= 11 is 0. The van der Waals surface area contributed by atoms with Crippen molar-refractivity contribution in [3.8, 4) is 0 Å². The Balaban J connectivity index is 1.51. The number of hydrogen-bond acceptors (Lipinski definition) is 4. The van der Waals surface area contributed by atoms with E-state index < -0.39 is 0 Å². The van der Waals surface area contributed by atoms with Gasteiger partial charge in [0.05, 0.1) is 12.0 Å². The zero-order valence-electron chi connectivity index (χ0n) is 13.2. The lowest BCUT2D eigenvalue weighted by molar-refractivity contribution is -0.152. The number of carbonyl (C=O) groups excluding carboxylic acids is 2. The summed E-state index contributed by atoms with van der Waals surface area (Å²) < 4.78 is 10.8. The van der Waals surface area contributed by atoms with Crippen molar-refractivity contribution in [1.82, 2.24) is 5.32 Å². The van der Waals surface area contributed by atoms with Gasteiger partial charge >= 0.3 is 5.97 Å². The van der Waals surface area contributed by atoms with Crippen molar-refractivity contribution < 1.29 is 18.7 Å². The first-order valence-corrected chi connectivity index (χ1v) is 8.08. The lowest BCUT2D eigenvalue weighted by Crippen LogP contribution is -2.31. The van der Waals surface area contributed by atoms with Crippen LogP contribution in [0.15, 0.2) is 34.7 Å². The number of hydrogen-bond donors (Lipinski definition) is 1. The van der Waals surface area contributed by atoms with Crippen LogP contribution in [0, 0.1) is 5.92 Å². The third-order valence-electron chi connectivity index (χ3n) is 4.28. The largest absolute Gasteiger partial charge is 0.459 e. The first-order valence-electron chi connectivity index (χ1n) is 8.08. The molecule has 5 heteroatoms. The minimum Gasteiger partial charge on any atom is -0.459 e. The highest BCUT2D eigenvalue weighted by Crippen LogP contribution is 2.26. The van der Waals surface area contributed by atoms with E-state index in [0.29, 0.717) is 5.76 Å². The van der Waals surface area contributed by atoms with E-state index in [-0.39, 0.29) is 30.4 Å². The fourth-order valence-electron chi connectivity index (χ4n) is 2.99. The van der Waals surface area contributed by atoms with Gasteiger partial charge in [0.1, 0.15) is 11.3 Å². The van der Waals surface area contributed by atoms with Gasteiger partial charge in [-0.25, -0.2) is 0 Å². The molecule has 5 nitrogen and oxygen atoms in total. The molecule has 2 aromatic rings. The van der Waals surface area contributed by atoms with Gasteiger partial charge in [-0.05, 0) is 31.9 Å². The zero-order valence-corrected chi connectivity index (χ0v) is 13.2. The predicted molar refractivity (Wildman–Crippen MR) is 85.7 cm³/mol. The summed E-state index contributed by atoms with van der Waals surface area (Å²) in [6, 6.07) is 9.32. The van der Waals surface area contributed by atoms with Crippen molar-refractivity contribution in [2.24, 2.45) is 5.92 Å². The van der Waals surface area contributed by atoms with E-state index in [2.05, 4.69) is 5.32 Å². The van der Waals surface area contributed by atoms with Crippen molar-refractivity contribution in [1.29, 1.82) is 0 Å². The van der Waals surface area contributed by atoms with Gasteiger partial charge in [-0.2, -0.15) is 0 Å². The second-order valence-electron chi connectivity index (χ2n) is 6.06. The molecule has 0 bridgehead atoms. The van der Waals surface area contributed by atoms with E-state index in [1.807, 2.05) is 37.3 Å². The molecule has 1 aromatic heterocycles. The molecule has 1 fully saturated rings. The fraction of sp³-hybridized carbons (Fsp3) is 0.444. The normalized spacial score (nSPS) is 16.4. The van der Waals surface area contributed by atoms with E-state index in [1.54, 1.807) is 0 Å². The minimum absolute atomic E-state index is 0.0319. The molecule has 1 aliphatic rings. The molecule has 23 heavy (non-hydrogen) atoms. The topological polar surface area (TPSA) is 68.5 Å². The molecule has 122 valence electrons. The molecule has 0 spiro atoms. The summed E-state index contributed by atoms with van der Waals surface area (Å²) in [5, 5.41) is 3.79. The molecule has 1 aromatic carbocycles. The van der Waals surface area contributed by atoms with Crippen molar-refractivity contribution in [2.45, 2.75) is 38.6 Å². The van der Waals surface area contributed by atoms with E-state index in [1.165, 1.54) is 0 Å². The fourth-order valence-corrected chi connectivity index (χ4v) is 2.99. The number of esters is 1. The molecule has 1 atom stereocenters. The van der Waals surface area contributed by atoms with Crippen LogP contribution >= 0.6 is 0 Å². The quantitative estimate of drug-likeness (QED) is 0.859. The van der Waals surface area contributed by atoms with Crippen LogP contribution in [0.3, 0.4) is 0 Å². The number of fused-ring (bicyclic) bond motifs is 1. The monoisotopic (exact) mass is 315 g/mol. The number of rotatable bonds is 5. The smallest absolute Gasteiger partial charge is 0.309 e. The summed E-state index contributed by atoms with van der Waals surface area (Å²) in [6.45, 7) is 1.61. The number of para-hydroxylation sites is 1. The Hall–Kier alpha value is -2.30. The molecule has 1 aliphatic carbocycles. The third-order valence-corrected chi connectivity index (χ3v) is 4.28. The summed E-state index contributed by atoms with van der Waals surface area (Å²) in [5.41, 5.74) is 0.788. The molecule has 1 amide bonds. The molecule has 0 aliphatic heterocycles. The number of carbonyl (C=O) groups is 2. The van der Waals surface area contributed by atoms with Crippen LogP contribution in [0.2, 0.25) is 0 Å². The van der Waals surface area contributed by atoms with Gasteiger partial charge < -0.3 is 14.5 Å². The van der Waals surface area contributed by atoms with E-state index in [9.17, 15) is 9.59 Å². The van der Waals surface area contributed by atoms with Crippen LogP contribution < -0.4 is 5.32 Å². The third kappa shape index (κ3) is 3.73. The molecule has 1 saturated carbocycles. The average molecular weight is 315 g/mol. The molecule has 0 radical (unpaired) electrons. The molecule has 0 saturated heterocycles. The van der Waals surface area contributed by atoms with Crippen molar-refractivity contribution in [2.75, 3.05) is 6.61 Å². The second kappa shape index (κ2) is 6.86. The van der Waals surface area contributed by atoms with Crippen LogP contribution in [0.1, 0.15) is 44.4 Å². The van der Waals surface area contributed by atoms with Crippen molar-refractivity contribution >= 4 is 22.8 Å². The summed E-state index contributed by atoms with van der Waals surface area (Å²) in [7, 11) is 0. The Morgan fingerprint density at radius 2 is 2.04 bits per heavy atom. The average Bonchev–Trinajstić information content (AvgIpc) is 3.21. The SMILES string of the molecule is C[C@@H](NC(=O)COC(=O)C1CCCC1)c1cc2ccccc2o1. The second-order valence-corrected chi connectivity index (χ2v) is 6.06. The summed E-state index contributed by atoms with van der Waals surface area (Å²) in [6.07, 6.45) is 3.87. The first-order chi connectivity index (χ1) is 11.1. The van der Waals surface area contributed by atoms with Gasteiger partial charge in [0.25, 0.3) is 5.91 Å². The highest BCUT2D eigenvalue weighted by molar-refractivity contribution is 5.82. The number of amides is 1. The van der Waals surface area contributed by atoms with E-state index >= 15 is 0 Å². The lowest BCUT2D eigenvalue weighted by atomic mass is 10.1. The number of benzene rings is 1. The number of nitrogens with one attached hydrogen (secondary N) is 1. The Morgan fingerprint density at radius 1 is 1.30 bits per heavy atom. The first kappa shape index (κ1) is 15.6. The van der Waals surface area contributed by atoms with Gasteiger partial charge in [-0.15, -0.1) is 0 Å². The van der Waals surface area contributed by atoms with E-state index in [0.717, 1.165) is 36.7 Å². The zero-order chi connectivity index (χ0) is 16.2. The molecule has 3 rings (SSSR count). The summed E-state index contributed by atoms with van der Waals surface area (Å²) in [5.74, 6) is 0.0793. The summed E-state index contributed by atoms with van der Waals surface area (Å²) in [4.78, 5) is 23.7. The van der Waals surface area contributed by atoms with Gasteiger partial charge in [0.2, 0.25) is 0 Å². The van der Waals surface area contributed by atoms with Gasteiger partial charge in [-0.3, -0.25) is 9.59 Å². The van der Waals surface area contributed by atoms with Gasteiger partial charge in [-0.1, -0.05) is 31.0 Å². The van der Waals surface area contributed by atoms with Crippen molar-refractivity contribution in [3.63, 3.8) is 0 Å². The van der Waals surface area contributed by atoms with Crippen LogP contribution in [-0.4, -0.2) is 18.5 Å². The predicted octanol–water partition coefficient (Wildman–Crippen LogP) is 3.34. The van der Waals surface area contributed by atoms with Gasteiger partial charge in [0, 0.05) is 5.39 Å². The van der Waals surface area contributed by atoms with Crippen LogP contribution in [0.5, 0.6) is 0 Å². The molecular weight excluding hydrogens is 294 g/mol. The molecule has 1 heterocycles. The Bertz CT molecular complexity index is 667. The minimum atomic E-state index is -0.315. The highest BCUT2D eigenvalue weighted by atomic mass is 16.5. The highest BCUT2D eigenvalue weighted by Gasteiger charge is 2.25. The maximum atomic E-state index is 11.9. The standard InChI is InChI=1S/C18H21NO4/c1-12(16-10-14-8-4-5-9-15(14)23-16)19-17(20)11-22-18(21)13-6-2-3-7-13/h4-5,8-10,12-13H,2-3,6-7,11H2,1H3,(H,19,20)/t12-/m1/s1. The van der Waals surface area contributed by atoms with Gasteiger partial charge in [0.15, 0.2) is 6.61 Å². The van der Waals surface area contributed by atoms with Crippen LogP contribution in [-0.2, 0) is 14.3 Å². The van der Waals surface area contributed by atoms with Crippen LogP contribution in [0.4, 0.5) is 0 Å². The van der Waals surface area contributed by atoms with E-state index in [4.69, 9.17) is 9.15 Å². The Kier molecular flexibility index (Phi) is 4.65. The maximum Gasteiger partial charge on any atom is 0.309 e. The van der Waals surface area contributed by atoms with Crippen molar-refractivity contribution in [3.05, 3.63) is 36.1 Å². The maximum absolute atomic E-state index is 11.9. The number of ether oxygens (including phenoxy) is 1.